The number of anilines is 3. The van der Waals surface area contributed by atoms with Gasteiger partial charge in [0.25, 0.3) is 0 Å². The molecule has 9 aromatic carbocycles. The minimum atomic E-state index is -0.510. The lowest BCUT2D eigenvalue weighted by molar-refractivity contribution is 0.444. The summed E-state index contributed by atoms with van der Waals surface area (Å²) < 4.78 is 0. The highest BCUT2D eigenvalue weighted by atomic mass is 15.1. The lowest BCUT2D eigenvalue weighted by atomic mass is 9.67. The van der Waals surface area contributed by atoms with Crippen molar-refractivity contribution >= 4 is 38.6 Å². The molecule has 0 atom stereocenters. The van der Waals surface area contributed by atoms with Gasteiger partial charge in [0.2, 0.25) is 0 Å². The first-order chi connectivity index (χ1) is 28.8. The van der Waals surface area contributed by atoms with Crippen LogP contribution in [0.15, 0.2) is 206 Å². The van der Waals surface area contributed by atoms with Gasteiger partial charge >= 0.3 is 0 Å². The fourth-order valence-corrected chi connectivity index (χ4v) is 10.5. The second kappa shape index (κ2) is 14.4. The molecule has 1 saturated carbocycles. The molecular formula is C57H45N. The van der Waals surface area contributed by atoms with Crippen molar-refractivity contribution in [1.29, 1.82) is 0 Å². The zero-order chi connectivity index (χ0) is 38.5. The van der Waals surface area contributed by atoms with Crippen LogP contribution in [0.2, 0.25) is 0 Å². The van der Waals surface area contributed by atoms with E-state index in [2.05, 4.69) is 211 Å². The molecule has 0 saturated heterocycles. The van der Waals surface area contributed by atoms with E-state index in [1.807, 2.05) is 0 Å². The van der Waals surface area contributed by atoms with Crippen LogP contribution in [0.5, 0.6) is 0 Å². The Bertz CT molecular complexity index is 2880. The SMILES string of the molecule is c1ccc(-c2cc3ccccc3cc2N(c2ccc3c(c2)C(c2ccccc2)(c2ccccc2)c2cccc(C4CCCCC4)c2-3)c2cccc3ccccc23)cc1. The van der Waals surface area contributed by atoms with Crippen LogP contribution in [-0.4, -0.2) is 0 Å². The Morgan fingerprint density at radius 2 is 1.02 bits per heavy atom. The zero-order valence-corrected chi connectivity index (χ0v) is 32.7. The number of fused-ring (bicyclic) bond motifs is 5. The van der Waals surface area contributed by atoms with Crippen molar-refractivity contribution in [3.63, 3.8) is 0 Å². The Hall–Kier alpha value is -6.70. The number of hydrogen-bond acceptors (Lipinski definition) is 1. The van der Waals surface area contributed by atoms with Crippen molar-refractivity contribution < 1.29 is 0 Å². The Morgan fingerprint density at radius 1 is 0.414 bits per heavy atom. The third-order valence-corrected chi connectivity index (χ3v) is 13.1. The number of hydrogen-bond donors (Lipinski definition) is 0. The topological polar surface area (TPSA) is 3.24 Å². The summed E-state index contributed by atoms with van der Waals surface area (Å²) in [6.45, 7) is 0. The van der Waals surface area contributed by atoms with E-state index >= 15 is 0 Å². The van der Waals surface area contributed by atoms with E-state index < -0.39 is 5.41 Å². The second-order valence-electron chi connectivity index (χ2n) is 16.2. The number of nitrogens with zero attached hydrogens (tertiary/aromatic N) is 1. The molecule has 9 aromatic rings. The normalized spacial score (nSPS) is 14.6. The Kier molecular flexibility index (Phi) is 8.55. The van der Waals surface area contributed by atoms with Crippen LogP contribution in [0.4, 0.5) is 17.1 Å². The van der Waals surface area contributed by atoms with E-state index in [-0.39, 0.29) is 0 Å². The molecule has 2 aliphatic carbocycles. The van der Waals surface area contributed by atoms with E-state index in [4.69, 9.17) is 0 Å². The summed E-state index contributed by atoms with van der Waals surface area (Å²) >= 11 is 0. The van der Waals surface area contributed by atoms with Gasteiger partial charge in [0.1, 0.15) is 0 Å². The highest BCUT2D eigenvalue weighted by molar-refractivity contribution is 6.04. The largest absolute Gasteiger partial charge is 0.309 e. The first-order valence-electron chi connectivity index (χ1n) is 21.0. The molecule has 2 aliphatic rings. The van der Waals surface area contributed by atoms with Gasteiger partial charge in [-0.25, -0.2) is 0 Å². The van der Waals surface area contributed by atoms with Gasteiger partial charge in [0, 0.05) is 16.6 Å². The molecule has 11 rings (SSSR count). The summed E-state index contributed by atoms with van der Waals surface area (Å²) in [5.74, 6) is 0.566. The fraction of sp³-hybridized carbons (Fsp3) is 0.123. The van der Waals surface area contributed by atoms with Gasteiger partial charge in [-0.2, -0.15) is 0 Å². The van der Waals surface area contributed by atoms with E-state index in [0.717, 1.165) is 17.1 Å². The third-order valence-electron chi connectivity index (χ3n) is 13.1. The summed E-state index contributed by atoms with van der Waals surface area (Å²) in [6, 6.07) is 77.3. The third kappa shape index (κ3) is 5.52. The molecule has 58 heavy (non-hydrogen) atoms. The van der Waals surface area contributed by atoms with Gasteiger partial charge in [0.05, 0.1) is 16.8 Å². The van der Waals surface area contributed by atoms with E-state index in [1.165, 1.54) is 104 Å². The van der Waals surface area contributed by atoms with Crippen molar-refractivity contribution in [2.45, 2.75) is 43.4 Å². The van der Waals surface area contributed by atoms with Gasteiger partial charge in [-0.05, 0) is 110 Å². The van der Waals surface area contributed by atoms with Gasteiger partial charge in [0.15, 0.2) is 0 Å². The Labute approximate surface area is 341 Å². The van der Waals surface area contributed by atoms with Crippen LogP contribution in [0.25, 0.3) is 43.8 Å². The predicted octanol–water partition coefficient (Wildman–Crippen LogP) is 15.5. The molecule has 0 unspecified atom stereocenters. The van der Waals surface area contributed by atoms with Gasteiger partial charge in [-0.1, -0.05) is 195 Å². The van der Waals surface area contributed by atoms with Crippen LogP contribution in [0.3, 0.4) is 0 Å². The molecule has 0 spiro atoms. The minimum absolute atomic E-state index is 0.510. The molecule has 0 amide bonds. The highest BCUT2D eigenvalue weighted by Gasteiger charge is 2.47. The molecule has 1 heteroatoms. The van der Waals surface area contributed by atoms with Crippen LogP contribution in [0.1, 0.15) is 65.8 Å². The summed E-state index contributed by atoms with van der Waals surface area (Å²) in [6.07, 6.45) is 6.46. The maximum absolute atomic E-state index is 2.55. The van der Waals surface area contributed by atoms with Gasteiger partial charge in [-0.15, -0.1) is 0 Å². The van der Waals surface area contributed by atoms with E-state index in [1.54, 1.807) is 0 Å². The van der Waals surface area contributed by atoms with Gasteiger partial charge in [-0.3, -0.25) is 0 Å². The van der Waals surface area contributed by atoms with E-state index in [0.29, 0.717) is 5.92 Å². The minimum Gasteiger partial charge on any atom is -0.309 e. The average molecular weight is 744 g/mol. The molecular weight excluding hydrogens is 699 g/mol. The maximum Gasteiger partial charge on any atom is 0.0714 e. The lowest BCUT2D eigenvalue weighted by Crippen LogP contribution is -2.29. The maximum atomic E-state index is 2.55. The first kappa shape index (κ1) is 34.5. The molecule has 0 aromatic heterocycles. The number of benzene rings is 9. The van der Waals surface area contributed by atoms with Crippen LogP contribution in [-0.2, 0) is 5.41 Å². The molecule has 0 heterocycles. The molecule has 0 radical (unpaired) electrons. The van der Waals surface area contributed by atoms with Crippen molar-refractivity contribution in [2.24, 2.45) is 0 Å². The Balaban J connectivity index is 1.25. The summed E-state index contributed by atoms with van der Waals surface area (Å²) in [7, 11) is 0. The lowest BCUT2D eigenvalue weighted by Gasteiger charge is -2.35. The predicted molar refractivity (Wildman–Crippen MR) is 245 cm³/mol. The monoisotopic (exact) mass is 743 g/mol. The first-order valence-corrected chi connectivity index (χ1v) is 21.0. The number of rotatable bonds is 7. The molecule has 0 bridgehead atoms. The Morgan fingerprint density at radius 3 is 1.74 bits per heavy atom. The summed E-state index contributed by atoms with van der Waals surface area (Å²) in [4.78, 5) is 2.54. The van der Waals surface area contributed by atoms with E-state index in [9.17, 15) is 0 Å². The second-order valence-corrected chi connectivity index (χ2v) is 16.2. The van der Waals surface area contributed by atoms with Crippen LogP contribution >= 0.6 is 0 Å². The quantitative estimate of drug-likeness (QED) is 0.157. The molecule has 1 nitrogen and oxygen atoms in total. The van der Waals surface area contributed by atoms with Crippen molar-refractivity contribution in [2.75, 3.05) is 4.90 Å². The van der Waals surface area contributed by atoms with Crippen LogP contribution < -0.4 is 4.90 Å². The summed E-state index contributed by atoms with van der Waals surface area (Å²) in [5, 5.41) is 4.89. The molecule has 0 aliphatic heterocycles. The van der Waals surface area contributed by atoms with Crippen molar-refractivity contribution in [1.82, 2.24) is 0 Å². The summed E-state index contributed by atoms with van der Waals surface area (Å²) in [5.41, 5.74) is 15.0. The molecule has 1 fully saturated rings. The fourth-order valence-electron chi connectivity index (χ4n) is 10.5. The smallest absolute Gasteiger partial charge is 0.0714 e. The van der Waals surface area contributed by atoms with Crippen molar-refractivity contribution in [3.8, 4) is 22.3 Å². The average Bonchev–Trinajstić information content (AvgIpc) is 3.61. The highest BCUT2D eigenvalue weighted by Crippen LogP contribution is 2.60. The molecule has 0 N–H and O–H groups in total. The standard InChI is InChI=1S/C57H45N/c1-5-19-41(20-6-1)49-32-18-33-52-56(49)50-36-35-47(39-53(50)57(52,45-27-9-3-10-28-45)46-29-11-4-12-30-46)58(54-34-17-26-40-23-15-16-31-48(40)54)55-38-44-25-14-13-24-43(44)37-51(55)42-21-7-2-8-22-42/h2-4,7-18,21-39,41H,1,5-6,19-20H2. The van der Waals surface area contributed by atoms with Crippen LogP contribution in [0, 0.1) is 0 Å². The van der Waals surface area contributed by atoms with Gasteiger partial charge < -0.3 is 4.90 Å². The molecule has 278 valence electrons. The zero-order valence-electron chi connectivity index (χ0n) is 32.7. The van der Waals surface area contributed by atoms with Crippen molar-refractivity contribution in [3.05, 3.63) is 234 Å².